The molecule has 26 heavy (non-hydrogen) atoms. The Hall–Kier alpha value is -2.29. The van der Waals surface area contributed by atoms with Crippen LogP contribution in [0.25, 0.3) is 0 Å². The van der Waals surface area contributed by atoms with E-state index in [0.29, 0.717) is 6.54 Å². The van der Waals surface area contributed by atoms with Crippen LogP contribution in [0.15, 0.2) is 53.5 Å². The molecule has 6 nitrogen and oxygen atoms in total. The van der Waals surface area contributed by atoms with Crippen molar-refractivity contribution in [3.8, 4) is 5.75 Å². The maximum atomic E-state index is 11.9. The van der Waals surface area contributed by atoms with Crippen molar-refractivity contribution in [2.45, 2.75) is 19.9 Å². The molecule has 0 aliphatic carbocycles. The molecule has 0 fully saturated rings. The van der Waals surface area contributed by atoms with Crippen LogP contribution >= 0.6 is 24.0 Å². The number of rotatable bonds is 7. The summed E-state index contributed by atoms with van der Waals surface area (Å²) in [5.41, 5.74) is 8.88. The number of methoxy groups -OCH3 is 1. The summed E-state index contributed by atoms with van der Waals surface area (Å²) in [7, 11) is 1.62. The van der Waals surface area contributed by atoms with Crippen LogP contribution in [0.1, 0.15) is 18.1 Å². The molecule has 0 bridgehead atoms. The van der Waals surface area contributed by atoms with Gasteiger partial charge in [-0.15, -0.1) is 24.0 Å². The summed E-state index contributed by atoms with van der Waals surface area (Å²) in [5.74, 6) is 0.807. The first kappa shape index (κ1) is 21.8. The number of nitrogens with zero attached hydrogens (tertiary/aromatic N) is 1. The molecule has 0 saturated heterocycles. The molecule has 0 saturated carbocycles. The quantitative estimate of drug-likeness (QED) is 0.331. The van der Waals surface area contributed by atoms with Crippen molar-refractivity contribution in [3.63, 3.8) is 0 Å². The van der Waals surface area contributed by atoms with Crippen LogP contribution in [0.4, 0.5) is 5.69 Å². The molecule has 0 radical (unpaired) electrons. The van der Waals surface area contributed by atoms with E-state index in [1.54, 1.807) is 7.11 Å². The van der Waals surface area contributed by atoms with Gasteiger partial charge in [0.2, 0.25) is 5.91 Å². The van der Waals surface area contributed by atoms with E-state index >= 15 is 0 Å². The standard InChI is InChI=1S/C19H24N4O2.HI/c1-3-14-5-4-6-16(11-14)23-19(20)22-13-18(24)21-12-15-7-9-17(25-2)10-8-15;/h4-11H,3,12-13H2,1-2H3,(H,21,24)(H3,20,22,23);1H. The Morgan fingerprint density at radius 1 is 1.15 bits per heavy atom. The molecule has 7 heteroatoms. The number of hydrogen-bond donors (Lipinski definition) is 3. The lowest BCUT2D eigenvalue weighted by Gasteiger charge is -2.08. The summed E-state index contributed by atoms with van der Waals surface area (Å²) in [5, 5.41) is 5.80. The van der Waals surface area contributed by atoms with Crippen molar-refractivity contribution in [1.29, 1.82) is 0 Å². The predicted octanol–water partition coefficient (Wildman–Crippen LogP) is 2.92. The third kappa shape index (κ3) is 7.30. The first-order valence-electron chi connectivity index (χ1n) is 8.16. The number of carbonyl (C=O) groups is 1. The highest BCUT2D eigenvalue weighted by Gasteiger charge is 2.02. The summed E-state index contributed by atoms with van der Waals surface area (Å²) in [6.07, 6.45) is 0.945. The number of guanidine groups is 1. The van der Waals surface area contributed by atoms with Gasteiger partial charge >= 0.3 is 0 Å². The maximum Gasteiger partial charge on any atom is 0.242 e. The van der Waals surface area contributed by atoms with Crippen molar-refractivity contribution < 1.29 is 9.53 Å². The molecule has 0 aliphatic rings. The number of benzene rings is 2. The van der Waals surface area contributed by atoms with Crippen molar-refractivity contribution >= 4 is 41.5 Å². The summed E-state index contributed by atoms with van der Waals surface area (Å²) in [4.78, 5) is 15.9. The van der Waals surface area contributed by atoms with Gasteiger partial charge in [0.25, 0.3) is 0 Å². The molecule has 0 spiro atoms. The first-order chi connectivity index (χ1) is 12.1. The number of anilines is 1. The van der Waals surface area contributed by atoms with Crippen molar-refractivity contribution in [2.75, 3.05) is 19.0 Å². The normalized spacial score (nSPS) is 10.6. The molecule has 140 valence electrons. The number of aliphatic imine (C=N–C) groups is 1. The first-order valence-corrected chi connectivity index (χ1v) is 8.16. The zero-order valence-electron chi connectivity index (χ0n) is 15.0. The van der Waals surface area contributed by atoms with E-state index in [0.717, 1.165) is 23.4 Å². The van der Waals surface area contributed by atoms with Crippen LogP contribution in [0.2, 0.25) is 0 Å². The molecule has 2 aromatic rings. The summed E-state index contributed by atoms with van der Waals surface area (Å²) < 4.78 is 5.10. The molecule has 4 N–H and O–H groups in total. The molecule has 0 heterocycles. The lowest BCUT2D eigenvalue weighted by atomic mass is 10.1. The van der Waals surface area contributed by atoms with Crippen molar-refractivity contribution in [2.24, 2.45) is 10.7 Å². The highest BCUT2D eigenvalue weighted by molar-refractivity contribution is 14.0. The Bertz CT molecular complexity index is 733. The molecule has 0 aromatic heterocycles. The van der Waals surface area contributed by atoms with E-state index in [1.807, 2.05) is 48.5 Å². The number of aryl methyl sites for hydroxylation is 1. The minimum Gasteiger partial charge on any atom is -0.497 e. The van der Waals surface area contributed by atoms with E-state index in [2.05, 4.69) is 22.5 Å². The van der Waals surface area contributed by atoms with Gasteiger partial charge in [-0.2, -0.15) is 0 Å². The highest BCUT2D eigenvalue weighted by atomic mass is 127. The Balaban J connectivity index is 0.00000338. The average Bonchev–Trinajstić information content (AvgIpc) is 2.65. The van der Waals surface area contributed by atoms with E-state index < -0.39 is 0 Å². The molecule has 2 rings (SSSR count). The van der Waals surface area contributed by atoms with E-state index in [-0.39, 0.29) is 42.4 Å². The third-order valence-corrected chi connectivity index (χ3v) is 3.65. The second-order valence-corrected chi connectivity index (χ2v) is 5.51. The largest absolute Gasteiger partial charge is 0.497 e. The number of nitrogens with one attached hydrogen (secondary N) is 2. The van der Waals surface area contributed by atoms with Crippen LogP contribution in [0.5, 0.6) is 5.75 Å². The van der Waals surface area contributed by atoms with Crippen LogP contribution in [0.3, 0.4) is 0 Å². The summed E-state index contributed by atoms with van der Waals surface area (Å²) in [6, 6.07) is 15.4. The fourth-order valence-corrected chi connectivity index (χ4v) is 2.21. The molecular formula is C19H25IN4O2. The second kappa shape index (κ2) is 11.3. The number of ether oxygens (including phenoxy) is 1. The lowest BCUT2D eigenvalue weighted by Crippen LogP contribution is -2.28. The number of nitrogens with two attached hydrogens (primary N) is 1. The molecular weight excluding hydrogens is 443 g/mol. The van der Waals surface area contributed by atoms with Gasteiger partial charge in [0.1, 0.15) is 12.3 Å². The van der Waals surface area contributed by atoms with Gasteiger partial charge in [0, 0.05) is 12.2 Å². The number of halogens is 1. The Morgan fingerprint density at radius 2 is 1.88 bits per heavy atom. The highest BCUT2D eigenvalue weighted by Crippen LogP contribution is 2.11. The number of amides is 1. The predicted molar refractivity (Wildman–Crippen MR) is 116 cm³/mol. The molecule has 0 aliphatic heterocycles. The van der Waals surface area contributed by atoms with Gasteiger partial charge in [0.15, 0.2) is 5.96 Å². The fraction of sp³-hybridized carbons (Fsp3) is 0.263. The Labute approximate surface area is 171 Å². The topological polar surface area (TPSA) is 88.7 Å². The zero-order valence-corrected chi connectivity index (χ0v) is 17.3. The monoisotopic (exact) mass is 468 g/mol. The van der Waals surface area contributed by atoms with Gasteiger partial charge in [0.05, 0.1) is 7.11 Å². The lowest BCUT2D eigenvalue weighted by molar-refractivity contribution is -0.119. The number of hydrogen-bond acceptors (Lipinski definition) is 3. The molecule has 0 unspecified atom stereocenters. The van der Waals surface area contributed by atoms with Gasteiger partial charge in [-0.25, -0.2) is 4.99 Å². The van der Waals surface area contributed by atoms with Crippen LogP contribution in [-0.2, 0) is 17.8 Å². The van der Waals surface area contributed by atoms with E-state index in [9.17, 15) is 4.79 Å². The molecule has 2 aromatic carbocycles. The van der Waals surface area contributed by atoms with Gasteiger partial charge < -0.3 is 21.1 Å². The van der Waals surface area contributed by atoms with Crippen LogP contribution in [-0.4, -0.2) is 25.5 Å². The summed E-state index contributed by atoms with van der Waals surface area (Å²) >= 11 is 0. The Morgan fingerprint density at radius 3 is 2.54 bits per heavy atom. The minimum absolute atomic E-state index is 0. The van der Waals surface area contributed by atoms with Gasteiger partial charge in [-0.05, 0) is 41.8 Å². The van der Waals surface area contributed by atoms with Crippen LogP contribution in [0, 0.1) is 0 Å². The van der Waals surface area contributed by atoms with E-state index in [1.165, 1.54) is 5.56 Å². The van der Waals surface area contributed by atoms with Crippen molar-refractivity contribution in [1.82, 2.24) is 5.32 Å². The van der Waals surface area contributed by atoms with Crippen molar-refractivity contribution in [3.05, 3.63) is 59.7 Å². The summed E-state index contributed by atoms with van der Waals surface area (Å²) in [6.45, 7) is 2.50. The van der Waals surface area contributed by atoms with E-state index in [4.69, 9.17) is 10.5 Å². The zero-order chi connectivity index (χ0) is 18.1. The average molecular weight is 468 g/mol. The van der Waals surface area contributed by atoms with Gasteiger partial charge in [-0.1, -0.05) is 31.2 Å². The SMILES string of the molecule is CCc1cccc(NC(N)=NCC(=O)NCc2ccc(OC)cc2)c1.I. The fourth-order valence-electron chi connectivity index (χ4n) is 2.21. The minimum atomic E-state index is -0.192. The molecule has 0 atom stereocenters. The Kier molecular flexibility index (Phi) is 9.50. The maximum absolute atomic E-state index is 11.9. The smallest absolute Gasteiger partial charge is 0.242 e. The second-order valence-electron chi connectivity index (χ2n) is 5.51. The van der Waals surface area contributed by atoms with Crippen LogP contribution < -0.4 is 21.1 Å². The molecule has 1 amide bonds. The van der Waals surface area contributed by atoms with Gasteiger partial charge in [-0.3, -0.25) is 4.79 Å². The number of carbonyl (C=O) groups excluding carboxylic acids is 1. The third-order valence-electron chi connectivity index (χ3n) is 3.65.